The average molecular weight is 434 g/mol. The SMILES string of the molecule is Cc1cc(COc2ccc(C(=O)N[C@H]3CCCC[C@@H]3C(=O)NO)cc2)c2ccccc2n1. The lowest BCUT2D eigenvalue weighted by Gasteiger charge is -2.30. The van der Waals surface area contributed by atoms with Crippen LogP contribution in [0.5, 0.6) is 5.75 Å². The molecular formula is C25H27N3O4. The first kappa shape index (κ1) is 21.8. The molecule has 7 nitrogen and oxygen atoms in total. The number of benzene rings is 2. The second kappa shape index (κ2) is 9.78. The molecule has 0 saturated heterocycles. The van der Waals surface area contributed by atoms with Crippen molar-refractivity contribution < 1.29 is 19.5 Å². The van der Waals surface area contributed by atoms with E-state index in [9.17, 15) is 9.59 Å². The van der Waals surface area contributed by atoms with Gasteiger partial charge in [-0.15, -0.1) is 0 Å². The summed E-state index contributed by atoms with van der Waals surface area (Å²) in [6, 6.07) is 16.7. The fourth-order valence-electron chi connectivity index (χ4n) is 4.33. The van der Waals surface area contributed by atoms with E-state index in [0.717, 1.165) is 35.0 Å². The Kier molecular flexibility index (Phi) is 6.66. The first-order chi connectivity index (χ1) is 15.5. The summed E-state index contributed by atoms with van der Waals surface area (Å²) >= 11 is 0. The van der Waals surface area contributed by atoms with Gasteiger partial charge in [0.05, 0.1) is 11.4 Å². The number of ether oxygens (including phenoxy) is 1. The van der Waals surface area contributed by atoms with Gasteiger partial charge >= 0.3 is 0 Å². The number of aryl methyl sites for hydroxylation is 1. The Balaban J connectivity index is 1.40. The molecule has 0 unspecified atom stereocenters. The van der Waals surface area contributed by atoms with Crippen LogP contribution < -0.4 is 15.5 Å². The van der Waals surface area contributed by atoms with Gasteiger partial charge in [-0.2, -0.15) is 0 Å². The third-order valence-electron chi connectivity index (χ3n) is 5.97. The van der Waals surface area contributed by atoms with Crippen LogP contribution in [0.2, 0.25) is 0 Å². The molecule has 1 heterocycles. The molecule has 0 bridgehead atoms. The van der Waals surface area contributed by atoms with Crippen LogP contribution in [0.4, 0.5) is 0 Å². The molecule has 4 rings (SSSR count). The van der Waals surface area contributed by atoms with Crippen molar-refractivity contribution in [1.29, 1.82) is 0 Å². The lowest BCUT2D eigenvalue weighted by atomic mass is 9.84. The number of carbonyl (C=O) groups is 2. The summed E-state index contributed by atoms with van der Waals surface area (Å²) in [6.07, 6.45) is 3.20. The number of hydrogen-bond donors (Lipinski definition) is 3. The maximum Gasteiger partial charge on any atom is 0.251 e. The zero-order chi connectivity index (χ0) is 22.5. The zero-order valence-electron chi connectivity index (χ0n) is 18.0. The lowest BCUT2D eigenvalue weighted by Crippen LogP contribution is -2.47. The Morgan fingerprint density at radius 1 is 1.09 bits per heavy atom. The van der Waals surface area contributed by atoms with Crippen LogP contribution in [0.1, 0.15) is 47.3 Å². The molecule has 3 N–H and O–H groups in total. The summed E-state index contributed by atoms with van der Waals surface area (Å²) in [5.74, 6) is -0.443. The second-order valence-electron chi connectivity index (χ2n) is 8.20. The van der Waals surface area contributed by atoms with E-state index >= 15 is 0 Å². The standard InChI is InChI=1S/C25H27N3O4/c1-16-14-18(20-6-2-4-8-22(20)26-16)15-32-19-12-10-17(11-13-19)24(29)27-23-9-5-3-7-21(23)25(30)28-31/h2,4,6,8,10-14,21,23,31H,3,5,7,9,15H2,1H3,(H,27,29)(H,28,30)/t21-,23-/m0/s1. The number of hydroxylamine groups is 1. The summed E-state index contributed by atoms with van der Waals surface area (Å²) in [6.45, 7) is 2.36. The third kappa shape index (κ3) is 4.89. The van der Waals surface area contributed by atoms with Crippen LogP contribution in [0, 0.1) is 12.8 Å². The highest BCUT2D eigenvalue weighted by atomic mass is 16.5. The number of hydrogen-bond acceptors (Lipinski definition) is 5. The van der Waals surface area contributed by atoms with E-state index < -0.39 is 11.8 Å². The van der Waals surface area contributed by atoms with Crippen LogP contribution in [-0.4, -0.2) is 28.0 Å². The predicted molar refractivity (Wildman–Crippen MR) is 120 cm³/mol. The van der Waals surface area contributed by atoms with Gasteiger partial charge in [0.2, 0.25) is 5.91 Å². The Morgan fingerprint density at radius 3 is 2.62 bits per heavy atom. The van der Waals surface area contributed by atoms with Crippen molar-refractivity contribution in [2.24, 2.45) is 5.92 Å². The number of carbonyl (C=O) groups excluding carboxylic acids is 2. The van der Waals surface area contributed by atoms with Gasteiger partial charge in [-0.05, 0) is 56.2 Å². The summed E-state index contributed by atoms with van der Waals surface area (Å²) < 4.78 is 5.96. The molecule has 166 valence electrons. The van der Waals surface area contributed by atoms with Crippen molar-refractivity contribution in [3.05, 3.63) is 71.4 Å². The van der Waals surface area contributed by atoms with Gasteiger partial charge in [-0.1, -0.05) is 31.0 Å². The number of amides is 2. The van der Waals surface area contributed by atoms with Gasteiger partial charge in [0, 0.05) is 28.2 Å². The Labute approximate surface area is 186 Å². The molecule has 3 aromatic rings. The van der Waals surface area contributed by atoms with Gasteiger partial charge in [0.25, 0.3) is 5.91 Å². The Morgan fingerprint density at radius 2 is 1.84 bits per heavy atom. The maximum atomic E-state index is 12.7. The fourth-order valence-corrected chi connectivity index (χ4v) is 4.33. The van der Waals surface area contributed by atoms with Gasteiger partial charge in [0.1, 0.15) is 12.4 Å². The third-order valence-corrected chi connectivity index (χ3v) is 5.97. The van der Waals surface area contributed by atoms with E-state index in [-0.39, 0.29) is 11.9 Å². The van der Waals surface area contributed by atoms with E-state index in [0.29, 0.717) is 30.8 Å². The number of fused-ring (bicyclic) bond motifs is 1. The Hall–Kier alpha value is -3.45. The summed E-state index contributed by atoms with van der Waals surface area (Å²) in [7, 11) is 0. The molecule has 7 heteroatoms. The lowest BCUT2D eigenvalue weighted by molar-refractivity contribution is -0.135. The smallest absolute Gasteiger partial charge is 0.251 e. The normalized spacial score (nSPS) is 18.2. The van der Waals surface area contributed by atoms with Gasteiger partial charge in [0.15, 0.2) is 0 Å². The molecule has 2 atom stereocenters. The number of rotatable bonds is 6. The minimum Gasteiger partial charge on any atom is -0.489 e. The molecule has 0 radical (unpaired) electrons. The van der Waals surface area contributed by atoms with Crippen molar-refractivity contribution in [3.8, 4) is 5.75 Å². The Bertz CT molecular complexity index is 1110. The number of para-hydroxylation sites is 1. The molecule has 1 saturated carbocycles. The van der Waals surface area contributed by atoms with Crippen LogP contribution in [0.15, 0.2) is 54.6 Å². The van der Waals surface area contributed by atoms with Gasteiger partial charge < -0.3 is 10.1 Å². The highest BCUT2D eigenvalue weighted by Crippen LogP contribution is 2.25. The molecule has 1 fully saturated rings. The highest BCUT2D eigenvalue weighted by molar-refractivity contribution is 5.95. The number of aromatic nitrogens is 1. The van der Waals surface area contributed by atoms with Gasteiger partial charge in [-0.3, -0.25) is 19.8 Å². The predicted octanol–water partition coefficient (Wildman–Crippen LogP) is 3.92. The number of pyridine rings is 1. The first-order valence-electron chi connectivity index (χ1n) is 10.9. The summed E-state index contributed by atoms with van der Waals surface area (Å²) in [4.78, 5) is 29.1. The van der Waals surface area contributed by atoms with E-state index in [1.807, 2.05) is 37.3 Å². The fraction of sp³-hybridized carbons (Fsp3) is 0.320. The topological polar surface area (TPSA) is 101 Å². The van der Waals surface area contributed by atoms with E-state index in [2.05, 4.69) is 10.3 Å². The summed E-state index contributed by atoms with van der Waals surface area (Å²) in [5, 5.41) is 13.0. The molecule has 2 aromatic carbocycles. The minimum atomic E-state index is -0.447. The second-order valence-corrected chi connectivity index (χ2v) is 8.20. The quantitative estimate of drug-likeness (QED) is 0.404. The molecule has 0 aliphatic heterocycles. The monoisotopic (exact) mass is 433 g/mol. The van der Waals surface area contributed by atoms with Crippen molar-refractivity contribution in [3.63, 3.8) is 0 Å². The summed E-state index contributed by atoms with van der Waals surface area (Å²) in [5.41, 5.74) is 5.14. The number of nitrogens with one attached hydrogen (secondary N) is 2. The van der Waals surface area contributed by atoms with E-state index in [1.54, 1.807) is 29.7 Å². The molecule has 32 heavy (non-hydrogen) atoms. The van der Waals surface area contributed by atoms with E-state index in [1.165, 1.54) is 0 Å². The van der Waals surface area contributed by atoms with Crippen molar-refractivity contribution in [2.45, 2.75) is 45.3 Å². The first-order valence-corrected chi connectivity index (χ1v) is 10.9. The molecule has 0 spiro atoms. The van der Waals surface area contributed by atoms with Crippen molar-refractivity contribution in [1.82, 2.24) is 15.8 Å². The molecular weight excluding hydrogens is 406 g/mol. The van der Waals surface area contributed by atoms with E-state index in [4.69, 9.17) is 9.94 Å². The molecule has 1 aliphatic rings. The largest absolute Gasteiger partial charge is 0.489 e. The zero-order valence-corrected chi connectivity index (χ0v) is 18.0. The molecule has 2 amide bonds. The van der Waals surface area contributed by atoms with Crippen molar-refractivity contribution in [2.75, 3.05) is 0 Å². The van der Waals surface area contributed by atoms with Crippen LogP contribution in [0.25, 0.3) is 10.9 Å². The van der Waals surface area contributed by atoms with Gasteiger partial charge in [-0.25, -0.2) is 5.48 Å². The van der Waals surface area contributed by atoms with Crippen molar-refractivity contribution >= 4 is 22.7 Å². The molecule has 1 aliphatic carbocycles. The maximum absolute atomic E-state index is 12.7. The molecule has 1 aromatic heterocycles. The van der Waals surface area contributed by atoms with Crippen LogP contribution in [-0.2, 0) is 11.4 Å². The highest BCUT2D eigenvalue weighted by Gasteiger charge is 2.32. The van der Waals surface area contributed by atoms with Crippen LogP contribution in [0.3, 0.4) is 0 Å². The number of nitrogens with zero attached hydrogens (tertiary/aromatic N) is 1. The average Bonchev–Trinajstić information content (AvgIpc) is 2.82. The van der Waals surface area contributed by atoms with Crippen LogP contribution >= 0.6 is 0 Å². The minimum absolute atomic E-state index is 0.241.